The van der Waals surface area contributed by atoms with Crippen molar-refractivity contribution in [2.75, 3.05) is 13.2 Å². The van der Waals surface area contributed by atoms with E-state index in [0.29, 0.717) is 6.61 Å². The van der Waals surface area contributed by atoms with Crippen LogP contribution in [-0.2, 0) is 9.47 Å². The van der Waals surface area contributed by atoms with E-state index in [2.05, 4.69) is 38.0 Å². The summed E-state index contributed by atoms with van der Waals surface area (Å²) in [6, 6.07) is 12.2. The molecular weight excluding hydrogens is 368 g/mol. The smallest absolute Gasteiger partial charge is 0.108 e. The largest absolute Gasteiger partial charge is 0.371 e. The van der Waals surface area contributed by atoms with Gasteiger partial charge < -0.3 is 9.47 Å². The fourth-order valence-electron chi connectivity index (χ4n) is 2.85. The number of hydrogen-bond acceptors (Lipinski definition) is 4. The molecule has 2 atom stereocenters. The lowest BCUT2D eigenvalue weighted by Gasteiger charge is -2.21. The monoisotopic (exact) mass is 384 g/mol. The number of benzene rings is 1. The Morgan fingerprint density at radius 3 is 2.79 bits per heavy atom. The van der Waals surface area contributed by atoms with Crippen LogP contribution >= 0.6 is 15.9 Å². The van der Waals surface area contributed by atoms with E-state index in [1.165, 1.54) is 0 Å². The average Bonchev–Trinajstić information content (AvgIpc) is 3.41. The molecule has 0 bridgehead atoms. The van der Waals surface area contributed by atoms with Crippen LogP contribution in [0.25, 0.3) is 10.9 Å². The first kappa shape index (κ1) is 15.7. The van der Waals surface area contributed by atoms with Crippen molar-refractivity contribution in [2.45, 2.75) is 19.1 Å². The van der Waals surface area contributed by atoms with E-state index in [0.717, 1.165) is 38.8 Å². The molecule has 2 unspecified atom stereocenters. The number of fused-ring (bicyclic) bond motifs is 1. The van der Waals surface area contributed by atoms with E-state index in [1.54, 1.807) is 12.4 Å². The van der Waals surface area contributed by atoms with Gasteiger partial charge in [-0.1, -0.05) is 15.9 Å². The van der Waals surface area contributed by atoms with Gasteiger partial charge in [-0.15, -0.1) is 0 Å². The molecule has 0 aliphatic carbocycles. The molecule has 2 aromatic heterocycles. The summed E-state index contributed by atoms with van der Waals surface area (Å²) in [5, 5.41) is 1.09. The fourth-order valence-corrected chi connectivity index (χ4v) is 3.21. The van der Waals surface area contributed by atoms with Crippen molar-refractivity contribution in [3.05, 3.63) is 70.1 Å². The molecule has 1 aliphatic rings. The van der Waals surface area contributed by atoms with Crippen LogP contribution in [0.4, 0.5) is 0 Å². The zero-order valence-electron chi connectivity index (χ0n) is 13.3. The van der Waals surface area contributed by atoms with Gasteiger partial charge in [0.25, 0.3) is 0 Å². The molecule has 1 saturated heterocycles. The van der Waals surface area contributed by atoms with E-state index >= 15 is 0 Å². The van der Waals surface area contributed by atoms with Crippen molar-refractivity contribution in [2.24, 2.45) is 0 Å². The van der Waals surface area contributed by atoms with Crippen molar-refractivity contribution in [1.29, 1.82) is 0 Å². The Morgan fingerprint density at radius 2 is 2.04 bits per heavy atom. The van der Waals surface area contributed by atoms with Gasteiger partial charge >= 0.3 is 0 Å². The predicted molar refractivity (Wildman–Crippen MR) is 96.0 cm³/mol. The number of epoxide rings is 1. The van der Waals surface area contributed by atoms with Crippen molar-refractivity contribution < 1.29 is 9.47 Å². The van der Waals surface area contributed by atoms with Crippen molar-refractivity contribution in [3.8, 4) is 0 Å². The second-order valence-electron chi connectivity index (χ2n) is 5.96. The van der Waals surface area contributed by atoms with E-state index < -0.39 is 0 Å². The normalized spacial score (nSPS) is 17.8. The molecule has 1 fully saturated rings. The van der Waals surface area contributed by atoms with Gasteiger partial charge in [-0.2, -0.15) is 0 Å². The summed E-state index contributed by atoms with van der Waals surface area (Å²) < 4.78 is 12.6. The van der Waals surface area contributed by atoms with Crippen LogP contribution in [0.1, 0.15) is 22.9 Å². The lowest BCUT2D eigenvalue weighted by Crippen LogP contribution is -2.12. The quantitative estimate of drug-likeness (QED) is 0.618. The van der Waals surface area contributed by atoms with Crippen molar-refractivity contribution in [1.82, 2.24) is 9.97 Å². The van der Waals surface area contributed by atoms with E-state index in [9.17, 15) is 0 Å². The number of aryl methyl sites for hydroxylation is 1. The van der Waals surface area contributed by atoms with Crippen LogP contribution in [0, 0.1) is 6.92 Å². The van der Waals surface area contributed by atoms with Gasteiger partial charge in [-0.25, -0.2) is 0 Å². The van der Waals surface area contributed by atoms with Crippen LogP contribution in [-0.4, -0.2) is 29.3 Å². The number of rotatable bonds is 5. The highest BCUT2D eigenvalue weighted by Gasteiger charge is 2.26. The summed E-state index contributed by atoms with van der Waals surface area (Å²) in [4.78, 5) is 8.77. The van der Waals surface area contributed by atoms with Crippen LogP contribution in [0.2, 0.25) is 0 Å². The first-order chi connectivity index (χ1) is 11.7. The van der Waals surface area contributed by atoms with Crippen LogP contribution in [0.15, 0.2) is 53.3 Å². The Kier molecular flexibility index (Phi) is 4.31. The molecule has 4 rings (SSSR count). The zero-order valence-corrected chi connectivity index (χ0v) is 14.9. The topological polar surface area (TPSA) is 47.5 Å². The highest BCUT2D eigenvalue weighted by atomic mass is 79.9. The maximum Gasteiger partial charge on any atom is 0.108 e. The van der Waals surface area contributed by atoms with Gasteiger partial charge in [0.1, 0.15) is 12.2 Å². The summed E-state index contributed by atoms with van der Waals surface area (Å²) in [5.74, 6) is 0. The zero-order chi connectivity index (χ0) is 16.5. The number of ether oxygens (including phenoxy) is 2. The third-order valence-corrected chi connectivity index (χ3v) is 4.57. The van der Waals surface area contributed by atoms with Gasteiger partial charge in [-0.3, -0.25) is 9.97 Å². The second-order valence-corrected chi connectivity index (χ2v) is 6.88. The molecular formula is C19H17BrN2O2. The molecule has 0 saturated carbocycles. The summed E-state index contributed by atoms with van der Waals surface area (Å²) >= 11 is 3.56. The standard InChI is InChI=1S/C19H17BrN2O2/c1-12-8-17(16-9-14(20)2-3-18(16)22-12)19(24-11-15-10-23-15)13-4-6-21-7-5-13/h2-9,15,19H,10-11H2,1H3. The maximum atomic E-state index is 6.25. The Balaban J connectivity index is 1.84. The van der Waals surface area contributed by atoms with E-state index in [-0.39, 0.29) is 12.2 Å². The minimum atomic E-state index is -0.171. The van der Waals surface area contributed by atoms with Gasteiger partial charge in [0.15, 0.2) is 0 Å². The Bertz CT molecular complexity index is 866. The van der Waals surface area contributed by atoms with E-state index in [4.69, 9.17) is 9.47 Å². The molecule has 0 N–H and O–H groups in total. The number of nitrogens with zero attached hydrogens (tertiary/aromatic N) is 2. The second kappa shape index (κ2) is 6.59. The van der Waals surface area contributed by atoms with Gasteiger partial charge in [0.2, 0.25) is 0 Å². The highest BCUT2D eigenvalue weighted by molar-refractivity contribution is 9.10. The number of hydrogen-bond donors (Lipinski definition) is 0. The number of aromatic nitrogens is 2. The molecule has 1 aliphatic heterocycles. The number of halogens is 1. The van der Waals surface area contributed by atoms with Crippen LogP contribution in [0.3, 0.4) is 0 Å². The first-order valence-electron chi connectivity index (χ1n) is 7.90. The van der Waals surface area contributed by atoms with Gasteiger partial charge in [0, 0.05) is 27.9 Å². The Morgan fingerprint density at radius 1 is 1.25 bits per heavy atom. The summed E-state index contributed by atoms with van der Waals surface area (Å²) in [5.41, 5.74) is 4.15. The Hall–Kier alpha value is -1.82. The highest BCUT2D eigenvalue weighted by Crippen LogP contribution is 2.33. The molecule has 0 spiro atoms. The Labute approximate surface area is 149 Å². The van der Waals surface area contributed by atoms with Crippen LogP contribution < -0.4 is 0 Å². The summed E-state index contributed by atoms with van der Waals surface area (Å²) in [6.07, 6.45) is 3.64. The molecule has 122 valence electrons. The molecule has 0 amide bonds. The van der Waals surface area contributed by atoms with E-state index in [1.807, 2.05) is 31.2 Å². The summed E-state index contributed by atoms with van der Waals surface area (Å²) in [6.45, 7) is 3.38. The molecule has 24 heavy (non-hydrogen) atoms. The third kappa shape index (κ3) is 3.34. The lowest BCUT2D eigenvalue weighted by molar-refractivity contribution is 0.0679. The number of pyridine rings is 2. The van der Waals surface area contributed by atoms with Crippen molar-refractivity contribution >= 4 is 26.8 Å². The van der Waals surface area contributed by atoms with Gasteiger partial charge in [0.05, 0.1) is 18.7 Å². The molecule has 3 heterocycles. The van der Waals surface area contributed by atoms with Crippen LogP contribution in [0.5, 0.6) is 0 Å². The molecule has 1 aromatic carbocycles. The molecule has 5 heteroatoms. The van der Waals surface area contributed by atoms with Crippen molar-refractivity contribution in [3.63, 3.8) is 0 Å². The molecule has 0 radical (unpaired) electrons. The molecule has 3 aromatic rings. The SMILES string of the molecule is Cc1cc(C(OCC2CO2)c2ccncc2)c2cc(Br)ccc2n1. The van der Waals surface area contributed by atoms with Gasteiger partial charge in [-0.05, 0) is 54.4 Å². The third-order valence-electron chi connectivity index (χ3n) is 4.07. The average molecular weight is 385 g/mol. The fraction of sp³-hybridized carbons (Fsp3) is 0.263. The lowest BCUT2D eigenvalue weighted by atomic mass is 9.97. The minimum Gasteiger partial charge on any atom is -0.371 e. The molecule has 4 nitrogen and oxygen atoms in total. The first-order valence-corrected chi connectivity index (χ1v) is 8.70. The maximum absolute atomic E-state index is 6.25. The predicted octanol–water partition coefficient (Wildman–Crippen LogP) is 4.21. The minimum absolute atomic E-state index is 0.171. The summed E-state index contributed by atoms with van der Waals surface area (Å²) in [7, 11) is 0.